The van der Waals surface area contributed by atoms with Crippen molar-refractivity contribution in [3.05, 3.63) is 131 Å². The zero-order chi connectivity index (χ0) is 30.0. The van der Waals surface area contributed by atoms with Crippen LogP contribution in [0, 0.1) is 6.92 Å². The van der Waals surface area contributed by atoms with Gasteiger partial charge in [0.1, 0.15) is 5.75 Å². The lowest BCUT2D eigenvalue weighted by Crippen LogP contribution is -2.31. The number of ether oxygens (including phenoxy) is 2. The fourth-order valence-corrected chi connectivity index (χ4v) is 6.62. The molecule has 1 aliphatic heterocycles. The van der Waals surface area contributed by atoms with Gasteiger partial charge in [0.05, 0.1) is 12.2 Å². The van der Waals surface area contributed by atoms with E-state index in [2.05, 4.69) is 104 Å². The van der Waals surface area contributed by atoms with Crippen molar-refractivity contribution < 1.29 is 14.3 Å². The Kier molecular flexibility index (Phi) is 7.98. The molecule has 6 rings (SSSR count). The monoisotopic (exact) mass is 572 g/mol. The Balaban J connectivity index is 1.66. The van der Waals surface area contributed by atoms with Gasteiger partial charge in [-0.05, 0) is 57.0 Å². The number of aromatic nitrogens is 1. The number of fused-ring (bicyclic) bond motifs is 2. The summed E-state index contributed by atoms with van der Waals surface area (Å²) in [7, 11) is 0. The Morgan fingerprint density at radius 3 is 2.33 bits per heavy atom. The molecule has 0 radical (unpaired) electrons. The molecule has 1 aliphatic rings. The van der Waals surface area contributed by atoms with Gasteiger partial charge in [0.15, 0.2) is 5.60 Å². The molecule has 5 aromatic rings. The van der Waals surface area contributed by atoms with E-state index in [1.165, 1.54) is 5.56 Å². The fourth-order valence-electron chi connectivity index (χ4n) is 6.62. The van der Waals surface area contributed by atoms with Crippen molar-refractivity contribution in [1.29, 1.82) is 0 Å². The first kappa shape index (κ1) is 28.6. The van der Waals surface area contributed by atoms with Crippen LogP contribution in [0.15, 0.2) is 97.1 Å². The van der Waals surface area contributed by atoms with Crippen LogP contribution in [0.25, 0.3) is 10.9 Å². The molecule has 0 saturated carbocycles. The van der Waals surface area contributed by atoms with E-state index in [4.69, 9.17) is 9.47 Å². The van der Waals surface area contributed by atoms with Gasteiger partial charge in [0, 0.05) is 64.7 Å². The van der Waals surface area contributed by atoms with Crippen LogP contribution >= 0.6 is 0 Å². The minimum atomic E-state index is -1.18. The predicted molar refractivity (Wildman–Crippen MR) is 174 cm³/mol. The van der Waals surface area contributed by atoms with Crippen molar-refractivity contribution in [3.63, 3.8) is 0 Å². The minimum Gasteiger partial charge on any atom is -0.493 e. The molecule has 1 atom stereocenters. The molecular weight excluding hydrogens is 532 g/mol. The second-order valence-corrected chi connectivity index (χ2v) is 11.2. The molecule has 2 heterocycles. The van der Waals surface area contributed by atoms with Crippen molar-refractivity contribution in [3.8, 4) is 5.75 Å². The van der Waals surface area contributed by atoms with Gasteiger partial charge in [0.2, 0.25) is 0 Å². The number of carbonyl (C=O) groups excluding carboxylic acids is 1. The summed E-state index contributed by atoms with van der Waals surface area (Å²) in [5.74, 6) is 0.434. The van der Waals surface area contributed by atoms with Crippen LogP contribution in [0.3, 0.4) is 0 Å². The van der Waals surface area contributed by atoms with Gasteiger partial charge < -0.3 is 18.9 Å². The molecule has 43 heavy (non-hydrogen) atoms. The van der Waals surface area contributed by atoms with Crippen molar-refractivity contribution in [2.45, 2.75) is 52.7 Å². The summed E-state index contributed by atoms with van der Waals surface area (Å²) in [6, 6.07) is 33.2. The number of hydrogen-bond donors (Lipinski definition) is 0. The third-order valence-corrected chi connectivity index (χ3v) is 8.77. The molecule has 0 N–H and O–H groups in total. The normalized spacial score (nSPS) is 15.9. The highest BCUT2D eigenvalue weighted by Crippen LogP contribution is 2.53. The van der Waals surface area contributed by atoms with Crippen molar-refractivity contribution in [1.82, 2.24) is 4.57 Å². The smallest absolute Gasteiger partial charge is 0.340 e. The van der Waals surface area contributed by atoms with E-state index in [0.29, 0.717) is 18.7 Å². The molecule has 0 saturated heterocycles. The third kappa shape index (κ3) is 4.87. The summed E-state index contributed by atoms with van der Waals surface area (Å²) in [4.78, 5) is 16.0. The SMILES string of the molecule is CCCCOc1cc(N(CC)CC)ccc1C1(c2c(C)n(Cc3ccccc3)c3ccccc23)OC(=O)c2ccccc21. The lowest BCUT2D eigenvalue weighted by Gasteiger charge is -2.33. The standard InChI is InChI=1S/C38H40N2O3/c1-5-8-24-42-35-25-29(39(6-2)7-3)22-23-33(35)38(32-20-14-12-18-30(32)37(41)43-38)36-27(4)40(26-28-16-10-9-11-17-28)34-21-15-13-19-31(34)36/h9-23,25H,5-8,24,26H2,1-4H3. The highest BCUT2D eigenvalue weighted by molar-refractivity contribution is 5.99. The predicted octanol–water partition coefficient (Wildman–Crippen LogP) is 8.49. The molecule has 0 bridgehead atoms. The molecule has 220 valence electrons. The summed E-state index contributed by atoms with van der Waals surface area (Å²) in [6.45, 7) is 11.7. The number of para-hydroxylation sites is 1. The van der Waals surface area contributed by atoms with Gasteiger partial charge in [-0.25, -0.2) is 4.79 Å². The first-order valence-corrected chi connectivity index (χ1v) is 15.5. The van der Waals surface area contributed by atoms with E-state index in [1.54, 1.807) is 0 Å². The molecule has 0 amide bonds. The van der Waals surface area contributed by atoms with Crippen molar-refractivity contribution in [2.24, 2.45) is 0 Å². The summed E-state index contributed by atoms with van der Waals surface area (Å²) in [5, 5.41) is 1.06. The molecule has 0 aliphatic carbocycles. The Labute approximate surface area is 254 Å². The maximum absolute atomic E-state index is 13.7. The Bertz CT molecular complexity index is 1750. The van der Waals surface area contributed by atoms with Crippen molar-refractivity contribution in [2.75, 3.05) is 24.6 Å². The summed E-state index contributed by atoms with van der Waals surface area (Å²) >= 11 is 0. The zero-order valence-electron chi connectivity index (χ0n) is 25.6. The highest BCUT2D eigenvalue weighted by atomic mass is 16.6. The lowest BCUT2D eigenvalue weighted by molar-refractivity contribution is 0.0245. The topological polar surface area (TPSA) is 43.7 Å². The van der Waals surface area contributed by atoms with Crippen LogP contribution < -0.4 is 9.64 Å². The minimum absolute atomic E-state index is 0.317. The second kappa shape index (κ2) is 12.0. The third-order valence-electron chi connectivity index (χ3n) is 8.77. The van der Waals surface area contributed by atoms with E-state index in [1.807, 2.05) is 30.3 Å². The van der Waals surface area contributed by atoms with Gasteiger partial charge in [-0.15, -0.1) is 0 Å². The molecule has 5 nitrogen and oxygen atoms in total. The molecule has 1 aromatic heterocycles. The number of esters is 1. The van der Waals surface area contributed by atoms with E-state index in [-0.39, 0.29) is 5.97 Å². The second-order valence-electron chi connectivity index (χ2n) is 11.2. The number of benzene rings is 4. The van der Waals surface area contributed by atoms with Crippen LogP contribution in [-0.4, -0.2) is 30.2 Å². The Morgan fingerprint density at radius 1 is 0.837 bits per heavy atom. The average Bonchev–Trinajstić information content (AvgIpc) is 3.49. The van der Waals surface area contributed by atoms with Crippen LogP contribution in [-0.2, 0) is 16.9 Å². The van der Waals surface area contributed by atoms with Crippen LogP contribution in [0.1, 0.15) is 71.9 Å². The van der Waals surface area contributed by atoms with Crippen LogP contribution in [0.5, 0.6) is 5.75 Å². The molecule has 1 unspecified atom stereocenters. The molecular formula is C38H40N2O3. The largest absolute Gasteiger partial charge is 0.493 e. The zero-order valence-corrected chi connectivity index (χ0v) is 25.6. The van der Waals surface area contributed by atoms with Gasteiger partial charge in [0.25, 0.3) is 0 Å². The number of anilines is 1. The van der Waals surface area contributed by atoms with E-state index in [0.717, 1.165) is 70.7 Å². The maximum atomic E-state index is 13.7. The van der Waals surface area contributed by atoms with Gasteiger partial charge >= 0.3 is 5.97 Å². The Morgan fingerprint density at radius 2 is 1.56 bits per heavy atom. The maximum Gasteiger partial charge on any atom is 0.340 e. The number of hydrogen-bond acceptors (Lipinski definition) is 4. The van der Waals surface area contributed by atoms with Gasteiger partial charge in [-0.1, -0.05) is 80.1 Å². The van der Waals surface area contributed by atoms with Gasteiger partial charge in [-0.2, -0.15) is 0 Å². The molecule has 0 fully saturated rings. The summed E-state index contributed by atoms with van der Waals surface area (Å²) in [5.41, 5.74) is 6.56. The van der Waals surface area contributed by atoms with E-state index < -0.39 is 5.60 Å². The van der Waals surface area contributed by atoms with Crippen LogP contribution in [0.2, 0.25) is 0 Å². The number of cyclic esters (lactones) is 1. The van der Waals surface area contributed by atoms with E-state index >= 15 is 0 Å². The number of carbonyl (C=O) groups is 1. The molecule has 4 aromatic carbocycles. The van der Waals surface area contributed by atoms with Crippen molar-refractivity contribution >= 4 is 22.6 Å². The first-order chi connectivity index (χ1) is 21.0. The van der Waals surface area contributed by atoms with Crippen LogP contribution in [0.4, 0.5) is 5.69 Å². The quantitative estimate of drug-likeness (QED) is 0.118. The summed E-state index contributed by atoms with van der Waals surface area (Å²) in [6.07, 6.45) is 1.97. The number of nitrogens with zero attached hydrogens (tertiary/aromatic N) is 2. The number of unbranched alkanes of at least 4 members (excludes halogenated alkanes) is 1. The van der Waals surface area contributed by atoms with Gasteiger partial charge in [-0.3, -0.25) is 0 Å². The number of rotatable bonds is 11. The Hall–Kier alpha value is -4.51. The fraction of sp³-hybridized carbons (Fsp3) is 0.289. The van der Waals surface area contributed by atoms with E-state index in [9.17, 15) is 4.79 Å². The molecule has 0 spiro atoms. The first-order valence-electron chi connectivity index (χ1n) is 15.5. The highest BCUT2D eigenvalue weighted by Gasteiger charge is 2.52. The summed E-state index contributed by atoms with van der Waals surface area (Å²) < 4.78 is 15.6. The average molecular weight is 573 g/mol. The molecule has 5 heteroatoms. The lowest BCUT2D eigenvalue weighted by atomic mass is 9.78.